The van der Waals surface area contributed by atoms with Crippen LogP contribution in [-0.2, 0) is 4.79 Å². The molecule has 0 radical (unpaired) electrons. The number of benzene rings is 1. The average molecular weight is 255 g/mol. The van der Waals surface area contributed by atoms with Crippen LogP contribution in [0.5, 0.6) is 5.75 Å². The molecular formula is C12H15ClN2O2. The number of nitrogens with two attached hydrogens (primary N) is 1. The lowest BCUT2D eigenvalue weighted by atomic mass is 10.2. The summed E-state index contributed by atoms with van der Waals surface area (Å²) in [5, 5.41) is 3.26. The number of carbonyl (C=O) groups is 1. The van der Waals surface area contributed by atoms with Crippen LogP contribution in [-0.4, -0.2) is 18.6 Å². The van der Waals surface area contributed by atoms with Gasteiger partial charge in [0.1, 0.15) is 5.75 Å². The number of anilines is 1. The predicted molar refractivity (Wildman–Crippen MR) is 67.1 cm³/mol. The van der Waals surface area contributed by atoms with Gasteiger partial charge in [0.15, 0.2) is 6.10 Å². The lowest BCUT2D eigenvalue weighted by molar-refractivity contribution is -0.127. The van der Waals surface area contributed by atoms with E-state index in [-0.39, 0.29) is 5.91 Å². The number of hydrogen-bond donors (Lipinski definition) is 2. The van der Waals surface area contributed by atoms with Crippen LogP contribution in [0.1, 0.15) is 19.3 Å². The number of nitrogens with one attached hydrogen (secondary N) is 1. The van der Waals surface area contributed by atoms with E-state index < -0.39 is 6.10 Å². The third kappa shape index (κ3) is 3.03. The van der Waals surface area contributed by atoms with E-state index in [9.17, 15) is 4.79 Å². The maximum absolute atomic E-state index is 11.7. The van der Waals surface area contributed by atoms with Crippen LogP contribution >= 0.6 is 11.6 Å². The molecule has 1 aromatic rings. The number of hydrogen-bond acceptors (Lipinski definition) is 3. The summed E-state index contributed by atoms with van der Waals surface area (Å²) in [7, 11) is 0. The zero-order valence-corrected chi connectivity index (χ0v) is 10.2. The van der Waals surface area contributed by atoms with Gasteiger partial charge in [-0.2, -0.15) is 0 Å². The molecule has 4 nitrogen and oxygen atoms in total. The van der Waals surface area contributed by atoms with Gasteiger partial charge in [-0.25, -0.2) is 0 Å². The number of amides is 1. The first-order chi connectivity index (χ1) is 8.16. The molecule has 1 aliphatic heterocycles. The van der Waals surface area contributed by atoms with Crippen molar-refractivity contribution in [3.63, 3.8) is 0 Å². The summed E-state index contributed by atoms with van der Waals surface area (Å²) >= 11 is 5.89. The van der Waals surface area contributed by atoms with Gasteiger partial charge in [-0.3, -0.25) is 4.79 Å². The summed E-state index contributed by atoms with van der Waals surface area (Å²) in [6.07, 6.45) is 2.27. The van der Waals surface area contributed by atoms with Crippen LogP contribution in [0, 0.1) is 0 Å². The van der Waals surface area contributed by atoms with E-state index in [1.165, 1.54) is 0 Å². The van der Waals surface area contributed by atoms with Gasteiger partial charge in [0.05, 0.1) is 10.7 Å². The van der Waals surface area contributed by atoms with Crippen LogP contribution in [0.4, 0.5) is 5.69 Å². The fourth-order valence-electron chi connectivity index (χ4n) is 1.77. The topological polar surface area (TPSA) is 64.3 Å². The molecule has 1 aliphatic rings. The van der Waals surface area contributed by atoms with Crippen molar-refractivity contribution in [2.24, 2.45) is 0 Å². The molecule has 3 N–H and O–H groups in total. The minimum Gasteiger partial charge on any atom is -0.481 e. The Morgan fingerprint density at radius 2 is 2.24 bits per heavy atom. The van der Waals surface area contributed by atoms with Gasteiger partial charge in [-0.05, 0) is 31.4 Å². The smallest absolute Gasteiger partial charge is 0.261 e. The number of carbonyl (C=O) groups excluding carboxylic acids is 1. The SMILES string of the molecule is Nc1ccc(OC2CCCCNC2=O)cc1Cl. The molecule has 1 unspecified atom stereocenters. The van der Waals surface area contributed by atoms with Crippen molar-refractivity contribution < 1.29 is 9.53 Å². The molecule has 1 fully saturated rings. The quantitative estimate of drug-likeness (QED) is 0.793. The molecule has 1 aromatic carbocycles. The van der Waals surface area contributed by atoms with Crippen LogP contribution < -0.4 is 15.8 Å². The zero-order chi connectivity index (χ0) is 12.3. The highest BCUT2D eigenvalue weighted by Crippen LogP contribution is 2.25. The van der Waals surface area contributed by atoms with E-state index in [1.807, 2.05) is 0 Å². The molecule has 5 heteroatoms. The van der Waals surface area contributed by atoms with E-state index in [4.69, 9.17) is 22.1 Å². The molecule has 1 amide bonds. The first-order valence-corrected chi connectivity index (χ1v) is 6.04. The van der Waals surface area contributed by atoms with E-state index in [0.29, 0.717) is 16.5 Å². The molecule has 0 spiro atoms. The number of rotatable bonds is 2. The van der Waals surface area contributed by atoms with Crippen molar-refractivity contribution in [3.05, 3.63) is 23.2 Å². The normalized spacial score (nSPS) is 20.5. The van der Waals surface area contributed by atoms with Crippen LogP contribution in [0.3, 0.4) is 0 Å². The highest BCUT2D eigenvalue weighted by Gasteiger charge is 2.22. The first kappa shape index (κ1) is 12.0. The molecule has 1 saturated heterocycles. The lowest BCUT2D eigenvalue weighted by Crippen LogP contribution is -2.36. The summed E-state index contributed by atoms with van der Waals surface area (Å²) in [5.74, 6) is 0.515. The van der Waals surface area contributed by atoms with Crippen molar-refractivity contribution in [1.82, 2.24) is 5.32 Å². The monoisotopic (exact) mass is 254 g/mol. The van der Waals surface area contributed by atoms with Crippen LogP contribution in [0.15, 0.2) is 18.2 Å². The molecule has 1 atom stereocenters. The molecule has 92 valence electrons. The van der Waals surface area contributed by atoms with Gasteiger partial charge in [0.2, 0.25) is 0 Å². The summed E-state index contributed by atoms with van der Waals surface area (Å²) < 4.78 is 5.63. The Labute approximate surface area is 105 Å². The van der Waals surface area contributed by atoms with Crippen molar-refractivity contribution in [3.8, 4) is 5.75 Å². The van der Waals surface area contributed by atoms with Gasteiger partial charge in [-0.15, -0.1) is 0 Å². The maximum atomic E-state index is 11.7. The second-order valence-electron chi connectivity index (χ2n) is 4.08. The van der Waals surface area contributed by atoms with Crippen molar-refractivity contribution >= 4 is 23.2 Å². The van der Waals surface area contributed by atoms with E-state index >= 15 is 0 Å². The first-order valence-electron chi connectivity index (χ1n) is 5.66. The number of ether oxygens (including phenoxy) is 1. The average Bonchev–Trinajstić information content (AvgIpc) is 2.50. The molecular weight excluding hydrogens is 240 g/mol. The highest BCUT2D eigenvalue weighted by atomic mass is 35.5. The van der Waals surface area contributed by atoms with Crippen molar-refractivity contribution in [2.45, 2.75) is 25.4 Å². The van der Waals surface area contributed by atoms with Crippen LogP contribution in [0.25, 0.3) is 0 Å². The van der Waals surface area contributed by atoms with E-state index in [2.05, 4.69) is 5.32 Å². The fourth-order valence-corrected chi connectivity index (χ4v) is 1.94. The van der Waals surface area contributed by atoms with Crippen molar-refractivity contribution in [1.29, 1.82) is 0 Å². The summed E-state index contributed by atoms with van der Waals surface area (Å²) in [5.41, 5.74) is 6.11. The van der Waals surface area contributed by atoms with Gasteiger partial charge in [0.25, 0.3) is 5.91 Å². The molecule has 0 saturated carbocycles. The predicted octanol–water partition coefficient (Wildman–Crippen LogP) is 1.97. The summed E-state index contributed by atoms with van der Waals surface area (Å²) in [6.45, 7) is 0.723. The molecule has 0 aliphatic carbocycles. The Kier molecular flexibility index (Phi) is 3.74. The summed E-state index contributed by atoms with van der Waals surface area (Å²) in [6, 6.07) is 5.03. The Hall–Kier alpha value is -1.42. The van der Waals surface area contributed by atoms with Crippen LogP contribution in [0.2, 0.25) is 5.02 Å². The molecule has 1 heterocycles. The second kappa shape index (κ2) is 5.27. The Bertz CT molecular complexity index is 423. The Morgan fingerprint density at radius 3 is 3.00 bits per heavy atom. The molecule has 0 aromatic heterocycles. The second-order valence-corrected chi connectivity index (χ2v) is 4.48. The number of nitrogen functional groups attached to an aromatic ring is 1. The third-order valence-corrected chi connectivity index (χ3v) is 3.06. The van der Waals surface area contributed by atoms with Gasteiger partial charge >= 0.3 is 0 Å². The maximum Gasteiger partial charge on any atom is 0.261 e. The lowest BCUT2D eigenvalue weighted by Gasteiger charge is -2.16. The zero-order valence-electron chi connectivity index (χ0n) is 9.41. The molecule has 2 rings (SSSR count). The van der Waals surface area contributed by atoms with E-state index in [0.717, 1.165) is 25.8 Å². The molecule has 0 bridgehead atoms. The molecule has 17 heavy (non-hydrogen) atoms. The highest BCUT2D eigenvalue weighted by molar-refractivity contribution is 6.33. The van der Waals surface area contributed by atoms with E-state index in [1.54, 1.807) is 18.2 Å². The third-order valence-electron chi connectivity index (χ3n) is 2.74. The Morgan fingerprint density at radius 1 is 1.41 bits per heavy atom. The van der Waals surface area contributed by atoms with Crippen molar-refractivity contribution in [2.75, 3.05) is 12.3 Å². The fraction of sp³-hybridized carbons (Fsp3) is 0.417. The minimum atomic E-state index is -0.433. The summed E-state index contributed by atoms with van der Waals surface area (Å²) in [4.78, 5) is 11.7. The minimum absolute atomic E-state index is 0.0598. The van der Waals surface area contributed by atoms with Gasteiger partial charge in [0, 0.05) is 12.6 Å². The van der Waals surface area contributed by atoms with Gasteiger partial charge < -0.3 is 15.8 Å². The van der Waals surface area contributed by atoms with Gasteiger partial charge in [-0.1, -0.05) is 11.6 Å². The largest absolute Gasteiger partial charge is 0.481 e. The number of halogens is 1. The standard InChI is InChI=1S/C12H15ClN2O2/c13-9-7-8(4-5-10(9)14)17-11-3-1-2-6-15-12(11)16/h4-5,7,11H,1-3,6,14H2,(H,15,16). The Balaban J connectivity index is 2.08.